The van der Waals surface area contributed by atoms with Crippen LogP contribution in [0.2, 0.25) is 0 Å². The first-order valence-electron chi connectivity index (χ1n) is 9.87. The Bertz CT molecular complexity index is 914. The lowest BCUT2D eigenvalue weighted by atomic mass is 9.83. The van der Waals surface area contributed by atoms with Crippen LogP contribution in [0.15, 0.2) is 42.5 Å². The Balaban J connectivity index is 1.81. The van der Waals surface area contributed by atoms with Gasteiger partial charge >= 0.3 is 0 Å². The number of carbonyl (C=O) groups is 2. The highest BCUT2D eigenvalue weighted by molar-refractivity contribution is 5.93. The summed E-state index contributed by atoms with van der Waals surface area (Å²) in [4.78, 5) is 26.9. The molecule has 1 fully saturated rings. The summed E-state index contributed by atoms with van der Waals surface area (Å²) in [5.41, 5.74) is 1.68. The summed E-state index contributed by atoms with van der Waals surface area (Å²) in [5.74, 6) is 1.49. The van der Waals surface area contributed by atoms with Crippen molar-refractivity contribution in [3.63, 3.8) is 0 Å². The topological polar surface area (TPSA) is 77.1 Å². The van der Waals surface area contributed by atoms with Gasteiger partial charge in [0.05, 0.1) is 27.2 Å². The number of carbonyl (C=O) groups excluding carboxylic acids is 2. The van der Waals surface area contributed by atoms with Crippen molar-refractivity contribution in [1.82, 2.24) is 4.90 Å². The summed E-state index contributed by atoms with van der Waals surface area (Å²) in [6, 6.07) is 13.0. The third-order valence-corrected chi connectivity index (χ3v) is 5.48. The maximum absolute atomic E-state index is 13.0. The Hall–Kier alpha value is -3.22. The van der Waals surface area contributed by atoms with Crippen molar-refractivity contribution in [2.45, 2.75) is 19.3 Å². The molecule has 0 spiro atoms. The average Bonchev–Trinajstić information content (AvgIpc) is 2.78. The summed E-state index contributed by atoms with van der Waals surface area (Å²) >= 11 is 0. The predicted octanol–water partition coefficient (Wildman–Crippen LogP) is 3.30. The molecular formula is C23H28N2O5. The van der Waals surface area contributed by atoms with Crippen LogP contribution >= 0.6 is 0 Å². The molecular weight excluding hydrogens is 384 g/mol. The second kappa shape index (κ2) is 9.52. The second-order valence-electron chi connectivity index (χ2n) is 7.39. The van der Waals surface area contributed by atoms with Gasteiger partial charge in [-0.1, -0.05) is 12.1 Å². The van der Waals surface area contributed by atoms with E-state index in [2.05, 4.69) is 5.32 Å². The molecule has 2 atom stereocenters. The Morgan fingerprint density at radius 3 is 2.40 bits per heavy atom. The van der Waals surface area contributed by atoms with Crippen LogP contribution in [0.4, 0.5) is 5.69 Å². The zero-order chi connectivity index (χ0) is 21.7. The third-order valence-electron chi connectivity index (χ3n) is 5.48. The molecule has 0 aromatic heterocycles. The first-order valence-corrected chi connectivity index (χ1v) is 9.87. The van der Waals surface area contributed by atoms with E-state index in [1.807, 2.05) is 36.4 Å². The van der Waals surface area contributed by atoms with Crippen LogP contribution in [0.3, 0.4) is 0 Å². The van der Waals surface area contributed by atoms with Gasteiger partial charge in [-0.15, -0.1) is 0 Å². The Labute approximate surface area is 176 Å². The van der Waals surface area contributed by atoms with E-state index in [1.165, 1.54) is 6.92 Å². The molecule has 1 N–H and O–H groups in total. The van der Waals surface area contributed by atoms with Crippen molar-refractivity contribution >= 4 is 17.5 Å². The molecule has 1 aliphatic rings. The molecule has 2 unspecified atom stereocenters. The predicted molar refractivity (Wildman–Crippen MR) is 114 cm³/mol. The molecule has 0 bridgehead atoms. The number of hydrogen-bond donors (Lipinski definition) is 1. The minimum absolute atomic E-state index is 0.0171. The van der Waals surface area contributed by atoms with Crippen molar-refractivity contribution < 1.29 is 23.8 Å². The molecule has 1 heterocycles. The highest BCUT2D eigenvalue weighted by Gasteiger charge is 2.34. The smallest absolute Gasteiger partial charge is 0.229 e. The molecule has 1 saturated heterocycles. The van der Waals surface area contributed by atoms with E-state index in [4.69, 9.17) is 14.2 Å². The molecule has 0 radical (unpaired) electrons. The second-order valence-corrected chi connectivity index (χ2v) is 7.39. The number of nitrogens with zero attached hydrogens (tertiary/aromatic N) is 1. The normalized spacial score (nSPS) is 18.5. The SMILES string of the molecule is COc1cccc(NC(=O)C2CC(c3ccc(OC)c(OC)c3)CN(C(C)=O)C2)c1. The number of likely N-dealkylation sites (tertiary alicyclic amines) is 1. The number of nitrogens with one attached hydrogen (secondary N) is 1. The first-order chi connectivity index (χ1) is 14.4. The highest BCUT2D eigenvalue weighted by Crippen LogP contribution is 2.36. The van der Waals surface area contributed by atoms with Gasteiger partial charge in [0.1, 0.15) is 5.75 Å². The molecule has 0 aliphatic carbocycles. The van der Waals surface area contributed by atoms with Crippen LogP contribution in [0, 0.1) is 5.92 Å². The quantitative estimate of drug-likeness (QED) is 0.788. The molecule has 3 rings (SSSR count). The molecule has 160 valence electrons. The fraction of sp³-hybridized carbons (Fsp3) is 0.391. The largest absolute Gasteiger partial charge is 0.497 e. The molecule has 2 aromatic rings. The van der Waals surface area contributed by atoms with Gasteiger partial charge in [0.2, 0.25) is 11.8 Å². The van der Waals surface area contributed by atoms with Crippen molar-refractivity contribution in [1.29, 1.82) is 0 Å². The number of hydrogen-bond acceptors (Lipinski definition) is 5. The van der Waals surface area contributed by atoms with E-state index in [1.54, 1.807) is 32.3 Å². The molecule has 2 aromatic carbocycles. The number of rotatable bonds is 6. The molecule has 2 amide bonds. The van der Waals surface area contributed by atoms with E-state index in [-0.39, 0.29) is 23.7 Å². The lowest BCUT2D eigenvalue weighted by molar-refractivity contribution is -0.133. The molecule has 30 heavy (non-hydrogen) atoms. The maximum Gasteiger partial charge on any atom is 0.229 e. The van der Waals surface area contributed by atoms with Crippen LogP contribution in [0.1, 0.15) is 24.8 Å². The van der Waals surface area contributed by atoms with E-state index in [0.29, 0.717) is 42.4 Å². The van der Waals surface area contributed by atoms with Crippen LogP contribution in [-0.4, -0.2) is 51.1 Å². The van der Waals surface area contributed by atoms with Gasteiger partial charge in [-0.2, -0.15) is 0 Å². The highest BCUT2D eigenvalue weighted by atomic mass is 16.5. The van der Waals surface area contributed by atoms with E-state index < -0.39 is 0 Å². The van der Waals surface area contributed by atoms with Gasteiger partial charge < -0.3 is 24.4 Å². The van der Waals surface area contributed by atoms with Crippen molar-refractivity contribution in [3.05, 3.63) is 48.0 Å². The number of piperidine rings is 1. The number of methoxy groups -OCH3 is 3. The minimum Gasteiger partial charge on any atom is -0.497 e. The molecule has 1 aliphatic heterocycles. The summed E-state index contributed by atoms with van der Waals surface area (Å²) in [7, 11) is 4.77. The van der Waals surface area contributed by atoms with Gasteiger partial charge in [-0.05, 0) is 36.2 Å². The van der Waals surface area contributed by atoms with Gasteiger partial charge in [0.15, 0.2) is 11.5 Å². The Kier molecular flexibility index (Phi) is 6.82. The summed E-state index contributed by atoms with van der Waals surface area (Å²) in [6.45, 7) is 2.50. The third kappa shape index (κ3) is 4.84. The molecule has 0 saturated carbocycles. The first kappa shape index (κ1) is 21.5. The van der Waals surface area contributed by atoms with Gasteiger partial charge in [-0.25, -0.2) is 0 Å². The van der Waals surface area contributed by atoms with Crippen molar-refractivity contribution in [2.75, 3.05) is 39.7 Å². The number of benzene rings is 2. The zero-order valence-electron chi connectivity index (χ0n) is 17.8. The van der Waals surface area contributed by atoms with Gasteiger partial charge in [0, 0.05) is 37.7 Å². The van der Waals surface area contributed by atoms with Crippen LogP contribution in [-0.2, 0) is 9.59 Å². The van der Waals surface area contributed by atoms with Crippen LogP contribution in [0.25, 0.3) is 0 Å². The van der Waals surface area contributed by atoms with Gasteiger partial charge in [0.25, 0.3) is 0 Å². The van der Waals surface area contributed by atoms with E-state index in [0.717, 1.165) is 5.56 Å². The fourth-order valence-electron chi connectivity index (χ4n) is 3.84. The molecule has 7 heteroatoms. The monoisotopic (exact) mass is 412 g/mol. The van der Waals surface area contributed by atoms with Crippen molar-refractivity contribution in [2.24, 2.45) is 5.92 Å². The summed E-state index contributed by atoms with van der Waals surface area (Å²) < 4.78 is 16.0. The van der Waals surface area contributed by atoms with Crippen molar-refractivity contribution in [3.8, 4) is 17.2 Å². The number of amides is 2. The van der Waals surface area contributed by atoms with E-state index in [9.17, 15) is 9.59 Å². The lowest BCUT2D eigenvalue weighted by Gasteiger charge is -2.37. The zero-order valence-corrected chi connectivity index (χ0v) is 17.8. The average molecular weight is 412 g/mol. The summed E-state index contributed by atoms with van der Waals surface area (Å²) in [5, 5.41) is 2.96. The standard InChI is InChI=1S/C23H28N2O5/c1-15(26)25-13-17(16-8-9-21(29-3)22(11-16)30-4)10-18(14-25)23(27)24-19-6-5-7-20(12-19)28-2/h5-9,11-12,17-18H,10,13-14H2,1-4H3,(H,24,27). The van der Waals surface area contributed by atoms with E-state index >= 15 is 0 Å². The fourth-order valence-corrected chi connectivity index (χ4v) is 3.84. The van der Waals surface area contributed by atoms with Crippen LogP contribution < -0.4 is 19.5 Å². The maximum atomic E-state index is 13.0. The minimum atomic E-state index is -0.327. The Morgan fingerprint density at radius 2 is 1.73 bits per heavy atom. The number of anilines is 1. The van der Waals surface area contributed by atoms with Gasteiger partial charge in [-0.3, -0.25) is 9.59 Å². The van der Waals surface area contributed by atoms with Crippen LogP contribution in [0.5, 0.6) is 17.2 Å². The number of ether oxygens (including phenoxy) is 3. The lowest BCUT2D eigenvalue weighted by Crippen LogP contribution is -2.45. The Morgan fingerprint density at radius 1 is 0.967 bits per heavy atom. The summed E-state index contributed by atoms with van der Waals surface area (Å²) in [6.07, 6.45) is 0.634. The molecule has 7 nitrogen and oxygen atoms in total.